The number of carbonyl (C=O) groups excluding carboxylic acids is 1. The summed E-state index contributed by atoms with van der Waals surface area (Å²) in [6.07, 6.45) is 3.38. The third-order valence-corrected chi connectivity index (χ3v) is 3.98. The van der Waals surface area contributed by atoms with Gasteiger partial charge in [0.05, 0.1) is 12.0 Å². The lowest BCUT2D eigenvalue weighted by atomic mass is 10.2. The second-order valence-electron chi connectivity index (χ2n) is 6.10. The fourth-order valence-corrected chi connectivity index (χ4v) is 2.52. The van der Waals surface area contributed by atoms with E-state index in [0.717, 1.165) is 5.56 Å². The lowest BCUT2D eigenvalue weighted by Crippen LogP contribution is -2.20. The molecule has 9 heteroatoms. The van der Waals surface area contributed by atoms with Crippen molar-refractivity contribution in [2.45, 2.75) is 6.61 Å². The van der Waals surface area contributed by atoms with E-state index < -0.39 is 10.8 Å². The van der Waals surface area contributed by atoms with Gasteiger partial charge in [-0.2, -0.15) is 0 Å². The van der Waals surface area contributed by atoms with Crippen LogP contribution in [0, 0.1) is 10.1 Å². The van der Waals surface area contributed by atoms with Gasteiger partial charge in [0.1, 0.15) is 12.4 Å². The van der Waals surface area contributed by atoms with Gasteiger partial charge in [-0.1, -0.05) is 6.07 Å². The van der Waals surface area contributed by atoms with Crippen molar-refractivity contribution in [2.24, 2.45) is 0 Å². The number of nitrogens with zero attached hydrogens (tertiary/aromatic N) is 2. The lowest BCUT2D eigenvalue weighted by Gasteiger charge is -2.13. The van der Waals surface area contributed by atoms with E-state index in [2.05, 4.69) is 10.3 Å². The number of rotatable bonds is 9. The predicted octanol–water partition coefficient (Wildman–Crippen LogP) is 3.59. The fourth-order valence-electron chi connectivity index (χ4n) is 2.52. The molecule has 3 rings (SSSR count). The molecule has 9 nitrogen and oxygen atoms in total. The molecule has 0 spiro atoms. The number of nitro benzene ring substituents is 1. The number of non-ortho nitro benzene ring substituents is 1. The van der Waals surface area contributed by atoms with Crippen LogP contribution < -0.4 is 19.5 Å². The average molecular weight is 409 g/mol. The minimum Gasteiger partial charge on any atom is -0.493 e. The molecule has 0 aliphatic carbocycles. The highest BCUT2D eigenvalue weighted by Gasteiger charge is 2.10. The molecule has 0 radical (unpaired) electrons. The zero-order valence-corrected chi connectivity index (χ0v) is 16.1. The fraction of sp³-hybridized carbons (Fsp3) is 0.143. The number of carbonyl (C=O) groups is 1. The van der Waals surface area contributed by atoms with Gasteiger partial charge in [0.25, 0.3) is 11.6 Å². The third-order valence-electron chi connectivity index (χ3n) is 3.98. The van der Waals surface area contributed by atoms with E-state index in [0.29, 0.717) is 29.5 Å². The Kier molecular flexibility index (Phi) is 6.78. The Bertz CT molecular complexity index is 1010. The predicted molar refractivity (Wildman–Crippen MR) is 109 cm³/mol. The Morgan fingerprint density at radius 2 is 1.90 bits per heavy atom. The van der Waals surface area contributed by atoms with Crippen LogP contribution in [-0.4, -0.2) is 29.5 Å². The molecule has 0 aliphatic heterocycles. The first-order valence-electron chi connectivity index (χ1n) is 8.92. The Labute approximate surface area is 172 Å². The molecule has 30 heavy (non-hydrogen) atoms. The Hall–Kier alpha value is -4.14. The van der Waals surface area contributed by atoms with Crippen LogP contribution in [0.25, 0.3) is 0 Å². The average Bonchev–Trinajstić information content (AvgIpc) is 2.77. The summed E-state index contributed by atoms with van der Waals surface area (Å²) in [5.41, 5.74) is 1.35. The van der Waals surface area contributed by atoms with E-state index in [4.69, 9.17) is 14.2 Å². The third kappa shape index (κ3) is 5.68. The number of hydrogen-bond donors (Lipinski definition) is 1. The van der Waals surface area contributed by atoms with E-state index in [-0.39, 0.29) is 12.3 Å². The number of aromatic nitrogens is 1. The molecule has 0 fully saturated rings. The first kappa shape index (κ1) is 20.6. The van der Waals surface area contributed by atoms with Gasteiger partial charge in [-0.15, -0.1) is 0 Å². The minimum absolute atomic E-state index is 0.0520. The van der Waals surface area contributed by atoms with E-state index in [1.807, 2.05) is 12.1 Å². The van der Waals surface area contributed by atoms with Crippen LogP contribution in [0.2, 0.25) is 0 Å². The van der Waals surface area contributed by atoms with Crippen molar-refractivity contribution < 1.29 is 23.9 Å². The number of nitro groups is 1. The number of pyridine rings is 1. The van der Waals surface area contributed by atoms with Crippen LogP contribution in [0.3, 0.4) is 0 Å². The Balaban J connectivity index is 1.58. The summed E-state index contributed by atoms with van der Waals surface area (Å²) in [5.74, 6) is 0.956. The number of anilines is 1. The molecule has 0 saturated carbocycles. The maximum absolute atomic E-state index is 12.2. The first-order chi connectivity index (χ1) is 14.5. The summed E-state index contributed by atoms with van der Waals surface area (Å²) in [7, 11) is 1.53. The van der Waals surface area contributed by atoms with Crippen LogP contribution in [0.15, 0.2) is 67.0 Å². The monoisotopic (exact) mass is 409 g/mol. The van der Waals surface area contributed by atoms with Gasteiger partial charge in [-0.05, 0) is 30.3 Å². The number of ether oxygens (including phenoxy) is 3. The van der Waals surface area contributed by atoms with Crippen molar-refractivity contribution >= 4 is 17.3 Å². The maximum Gasteiger partial charge on any atom is 0.269 e. The van der Waals surface area contributed by atoms with Crippen LogP contribution in [-0.2, 0) is 11.4 Å². The summed E-state index contributed by atoms with van der Waals surface area (Å²) in [4.78, 5) is 26.4. The molecule has 154 valence electrons. The number of nitrogens with one attached hydrogen (secondary N) is 1. The number of hydrogen-bond acceptors (Lipinski definition) is 7. The number of amides is 1. The van der Waals surface area contributed by atoms with Crippen LogP contribution in [0.5, 0.6) is 17.2 Å². The molecular weight excluding hydrogens is 390 g/mol. The zero-order valence-electron chi connectivity index (χ0n) is 16.1. The number of methoxy groups -OCH3 is 1. The van der Waals surface area contributed by atoms with Crippen molar-refractivity contribution in [3.63, 3.8) is 0 Å². The van der Waals surface area contributed by atoms with Gasteiger partial charge in [0.2, 0.25) is 0 Å². The summed E-state index contributed by atoms with van der Waals surface area (Å²) in [5, 5.41) is 13.4. The van der Waals surface area contributed by atoms with Gasteiger partial charge < -0.3 is 19.5 Å². The molecule has 0 saturated heterocycles. The second-order valence-corrected chi connectivity index (χ2v) is 6.10. The Morgan fingerprint density at radius 1 is 1.10 bits per heavy atom. The molecular formula is C21H19N3O6. The van der Waals surface area contributed by atoms with Crippen LogP contribution >= 0.6 is 0 Å². The standard InChI is InChI=1S/C21H19N3O6/c1-28-19-9-4-16(11-20(19)30-13-15-3-2-10-22-12-15)23-21(25)14-29-18-7-5-17(6-8-18)24(26)27/h2-12H,13-14H2,1H3,(H,23,25). The highest BCUT2D eigenvalue weighted by molar-refractivity contribution is 5.92. The highest BCUT2D eigenvalue weighted by Crippen LogP contribution is 2.31. The molecule has 1 N–H and O–H groups in total. The van der Waals surface area contributed by atoms with Crippen LogP contribution in [0.4, 0.5) is 11.4 Å². The normalized spacial score (nSPS) is 10.2. The summed E-state index contributed by atoms with van der Waals surface area (Å²) in [6.45, 7) is 0.0422. The minimum atomic E-state index is -0.506. The largest absolute Gasteiger partial charge is 0.493 e. The molecule has 0 atom stereocenters. The molecule has 2 aromatic carbocycles. The highest BCUT2D eigenvalue weighted by atomic mass is 16.6. The molecule has 1 heterocycles. The Morgan fingerprint density at radius 3 is 2.57 bits per heavy atom. The van der Waals surface area contributed by atoms with Crippen molar-refractivity contribution in [1.29, 1.82) is 0 Å². The zero-order chi connectivity index (χ0) is 21.3. The SMILES string of the molecule is COc1ccc(NC(=O)COc2ccc([N+](=O)[O-])cc2)cc1OCc1cccnc1. The van der Waals surface area contributed by atoms with E-state index >= 15 is 0 Å². The van der Waals surface area contributed by atoms with Gasteiger partial charge in [0.15, 0.2) is 18.1 Å². The van der Waals surface area contributed by atoms with E-state index in [1.54, 1.807) is 30.6 Å². The second kappa shape index (κ2) is 9.87. The topological polar surface area (TPSA) is 113 Å². The molecule has 0 unspecified atom stereocenters. The quantitative estimate of drug-likeness (QED) is 0.424. The summed E-state index contributed by atoms with van der Waals surface area (Å²) < 4.78 is 16.5. The van der Waals surface area contributed by atoms with Gasteiger partial charge in [0, 0.05) is 41.8 Å². The van der Waals surface area contributed by atoms with E-state index in [1.165, 1.54) is 31.4 Å². The lowest BCUT2D eigenvalue weighted by molar-refractivity contribution is -0.384. The smallest absolute Gasteiger partial charge is 0.269 e. The molecule has 1 aromatic heterocycles. The van der Waals surface area contributed by atoms with Crippen molar-refractivity contribution in [3.05, 3.63) is 82.7 Å². The molecule has 3 aromatic rings. The molecule has 0 bridgehead atoms. The van der Waals surface area contributed by atoms with Crippen molar-refractivity contribution in [3.8, 4) is 17.2 Å². The van der Waals surface area contributed by atoms with Gasteiger partial charge in [-0.25, -0.2) is 0 Å². The first-order valence-corrected chi connectivity index (χ1v) is 8.92. The van der Waals surface area contributed by atoms with Crippen LogP contribution in [0.1, 0.15) is 5.56 Å². The van der Waals surface area contributed by atoms with E-state index in [9.17, 15) is 14.9 Å². The summed E-state index contributed by atoms with van der Waals surface area (Å²) >= 11 is 0. The van der Waals surface area contributed by atoms with Crippen molar-refractivity contribution in [1.82, 2.24) is 4.98 Å². The summed E-state index contributed by atoms with van der Waals surface area (Å²) in [6, 6.07) is 14.2. The molecule has 1 amide bonds. The van der Waals surface area contributed by atoms with Crippen molar-refractivity contribution in [2.75, 3.05) is 19.0 Å². The number of benzene rings is 2. The maximum atomic E-state index is 12.2. The van der Waals surface area contributed by atoms with Gasteiger partial charge in [-0.3, -0.25) is 19.9 Å². The molecule has 0 aliphatic rings. The van der Waals surface area contributed by atoms with Gasteiger partial charge >= 0.3 is 0 Å².